The van der Waals surface area contributed by atoms with Gasteiger partial charge in [-0.2, -0.15) is 0 Å². The molecule has 0 saturated carbocycles. The van der Waals surface area contributed by atoms with Crippen molar-refractivity contribution in [1.29, 1.82) is 0 Å². The molecule has 0 heterocycles. The van der Waals surface area contributed by atoms with Gasteiger partial charge in [0, 0.05) is 6.08 Å². The lowest BCUT2D eigenvalue weighted by Gasteiger charge is -2.21. The van der Waals surface area contributed by atoms with Crippen LogP contribution in [0.5, 0.6) is 11.5 Å². The van der Waals surface area contributed by atoms with Gasteiger partial charge < -0.3 is 9.47 Å². The Morgan fingerprint density at radius 3 is 2.67 bits per heavy atom. The molecule has 5 heteroatoms. The van der Waals surface area contributed by atoms with E-state index in [9.17, 15) is 10.1 Å². The minimum atomic E-state index is -0.490. The number of allylic oxidation sites excluding steroid dienone is 4. The zero-order chi connectivity index (χ0) is 17.1. The van der Waals surface area contributed by atoms with E-state index in [4.69, 9.17) is 9.47 Å². The van der Waals surface area contributed by atoms with Crippen molar-refractivity contribution < 1.29 is 14.4 Å². The van der Waals surface area contributed by atoms with E-state index in [1.165, 1.54) is 6.08 Å². The average molecular weight is 323 g/mol. The number of nitrogens with zero attached hydrogens (tertiary/aromatic N) is 1. The Balaban J connectivity index is 2.03. The highest BCUT2D eigenvalue weighted by molar-refractivity contribution is 5.66. The molecule has 1 aromatic carbocycles. The molecule has 0 aromatic heterocycles. The van der Waals surface area contributed by atoms with Crippen molar-refractivity contribution in [1.82, 2.24) is 0 Å². The Hall–Kier alpha value is -3.00. The summed E-state index contributed by atoms with van der Waals surface area (Å²) >= 11 is 0. The van der Waals surface area contributed by atoms with Crippen LogP contribution in [0.25, 0.3) is 6.08 Å². The highest BCUT2D eigenvalue weighted by Gasteiger charge is 2.29. The Labute approximate surface area is 140 Å². The lowest BCUT2D eigenvalue weighted by Crippen LogP contribution is -2.15. The van der Waals surface area contributed by atoms with Crippen LogP contribution in [0.4, 0.5) is 0 Å². The van der Waals surface area contributed by atoms with Crippen molar-refractivity contribution in [3.05, 3.63) is 62.9 Å². The van der Waals surface area contributed by atoms with Crippen molar-refractivity contribution in [3.63, 3.8) is 0 Å². The summed E-state index contributed by atoms with van der Waals surface area (Å²) in [6.45, 7) is 0. The maximum absolute atomic E-state index is 11.4. The summed E-state index contributed by atoms with van der Waals surface area (Å²) in [5.74, 6) is 6.71. The number of rotatable bonds is 4. The number of nitro groups is 1. The molecule has 5 nitrogen and oxygen atoms in total. The first-order valence-corrected chi connectivity index (χ1v) is 7.61. The second-order valence-corrected chi connectivity index (χ2v) is 5.55. The van der Waals surface area contributed by atoms with Crippen molar-refractivity contribution in [2.45, 2.75) is 12.8 Å². The number of benzene rings is 1. The van der Waals surface area contributed by atoms with Crippen LogP contribution in [-0.2, 0) is 6.42 Å². The summed E-state index contributed by atoms with van der Waals surface area (Å²) in [5, 5.41) is 11.4. The predicted octanol–water partition coefficient (Wildman–Crippen LogP) is 3.38. The number of ether oxygens (including phenoxy) is 2. The van der Waals surface area contributed by atoms with Crippen molar-refractivity contribution in [2.75, 3.05) is 14.2 Å². The minimum absolute atomic E-state index is 0.117. The number of fused-ring (bicyclic) bond motifs is 1. The van der Waals surface area contributed by atoms with E-state index in [2.05, 4.69) is 11.8 Å². The fourth-order valence-corrected chi connectivity index (χ4v) is 3.01. The molecule has 0 saturated heterocycles. The Kier molecular flexibility index (Phi) is 4.39. The van der Waals surface area contributed by atoms with Gasteiger partial charge >= 0.3 is 0 Å². The molecule has 0 N–H and O–H groups in total. The molecule has 0 fully saturated rings. The van der Waals surface area contributed by atoms with Crippen LogP contribution in [0.15, 0.2) is 41.6 Å². The average Bonchev–Trinajstić information content (AvgIpc) is 2.86. The quantitative estimate of drug-likeness (QED) is 0.484. The Morgan fingerprint density at radius 2 is 1.96 bits per heavy atom. The molecular weight excluding hydrogens is 306 g/mol. The molecule has 3 rings (SSSR count). The highest BCUT2D eigenvalue weighted by Crippen LogP contribution is 2.37. The molecule has 122 valence electrons. The number of hydrogen-bond acceptors (Lipinski definition) is 4. The van der Waals surface area contributed by atoms with Crippen molar-refractivity contribution in [2.24, 2.45) is 5.92 Å². The number of hydrogen-bond donors (Lipinski definition) is 0. The molecule has 1 unspecified atom stereocenters. The monoisotopic (exact) mass is 323 g/mol. The first-order chi connectivity index (χ1) is 11.6. The summed E-state index contributed by atoms with van der Waals surface area (Å²) < 4.78 is 10.7. The SMILES string of the molecule is COc1cc2c(cc1OC)CCC(C1C#CC=CC=C1[N+](=O)[O-])=C2. The van der Waals surface area contributed by atoms with E-state index in [1.54, 1.807) is 26.4 Å². The van der Waals surface area contributed by atoms with E-state index in [0.29, 0.717) is 11.5 Å². The first kappa shape index (κ1) is 15.9. The van der Waals surface area contributed by atoms with E-state index in [-0.39, 0.29) is 10.6 Å². The van der Waals surface area contributed by atoms with Crippen molar-refractivity contribution >= 4 is 6.08 Å². The van der Waals surface area contributed by atoms with Crippen LogP contribution >= 0.6 is 0 Å². The third-order valence-electron chi connectivity index (χ3n) is 4.22. The second kappa shape index (κ2) is 6.63. The Bertz CT molecular complexity index is 837. The fourth-order valence-electron chi connectivity index (χ4n) is 3.01. The van der Waals surface area contributed by atoms with E-state index >= 15 is 0 Å². The topological polar surface area (TPSA) is 61.6 Å². The summed E-state index contributed by atoms with van der Waals surface area (Å²) in [6, 6.07) is 3.87. The standard InChI is InChI=1S/C19H17NO4/c1-23-18-11-13-8-9-14(10-15(13)12-19(18)24-2)16-6-4-3-5-7-17(16)20(21)22/h3,5,7,10-12,16H,8-9H2,1-2H3. The third-order valence-corrected chi connectivity index (χ3v) is 4.22. The molecule has 1 atom stereocenters. The summed E-state index contributed by atoms with van der Waals surface area (Å²) in [5.41, 5.74) is 3.21. The number of methoxy groups -OCH3 is 2. The molecular formula is C19H17NO4. The molecule has 0 aliphatic heterocycles. The zero-order valence-corrected chi connectivity index (χ0v) is 13.5. The van der Waals surface area contributed by atoms with Crippen LogP contribution in [0.3, 0.4) is 0 Å². The lowest BCUT2D eigenvalue weighted by molar-refractivity contribution is -0.430. The summed E-state index contributed by atoms with van der Waals surface area (Å²) in [6.07, 6.45) is 8.28. The maximum atomic E-state index is 11.4. The zero-order valence-electron chi connectivity index (χ0n) is 13.5. The largest absolute Gasteiger partial charge is 0.493 e. The molecule has 24 heavy (non-hydrogen) atoms. The van der Waals surface area contributed by atoms with Gasteiger partial charge in [-0.25, -0.2) is 0 Å². The van der Waals surface area contributed by atoms with Gasteiger partial charge in [0.2, 0.25) is 0 Å². The number of aryl methyl sites for hydroxylation is 1. The van der Waals surface area contributed by atoms with Gasteiger partial charge in [0.1, 0.15) is 5.92 Å². The molecule has 0 radical (unpaired) electrons. The van der Waals surface area contributed by atoms with Crippen LogP contribution < -0.4 is 9.47 Å². The van der Waals surface area contributed by atoms with Gasteiger partial charge in [-0.05, 0) is 53.8 Å². The second-order valence-electron chi connectivity index (χ2n) is 5.55. The summed E-state index contributed by atoms with van der Waals surface area (Å²) in [7, 11) is 3.20. The van der Waals surface area contributed by atoms with Gasteiger partial charge in [0.15, 0.2) is 11.5 Å². The molecule has 2 aliphatic rings. The van der Waals surface area contributed by atoms with Crippen LogP contribution in [-0.4, -0.2) is 19.1 Å². The first-order valence-electron chi connectivity index (χ1n) is 7.61. The van der Waals surface area contributed by atoms with Gasteiger partial charge in [-0.1, -0.05) is 17.9 Å². The normalized spacial score (nSPS) is 18.3. The van der Waals surface area contributed by atoms with Crippen LogP contribution in [0.1, 0.15) is 17.5 Å². The summed E-state index contributed by atoms with van der Waals surface area (Å²) in [4.78, 5) is 11.0. The van der Waals surface area contributed by atoms with Gasteiger partial charge in [-0.3, -0.25) is 10.1 Å². The lowest BCUT2D eigenvalue weighted by atomic mass is 9.84. The van der Waals surface area contributed by atoms with Crippen molar-refractivity contribution in [3.8, 4) is 23.3 Å². The van der Waals surface area contributed by atoms with Crippen LogP contribution in [0.2, 0.25) is 0 Å². The molecule has 0 spiro atoms. The predicted molar refractivity (Wildman–Crippen MR) is 91.3 cm³/mol. The maximum Gasteiger partial charge on any atom is 0.265 e. The van der Waals surface area contributed by atoms with E-state index in [0.717, 1.165) is 29.5 Å². The van der Waals surface area contributed by atoms with Gasteiger partial charge in [0.25, 0.3) is 5.70 Å². The van der Waals surface area contributed by atoms with E-state index in [1.807, 2.05) is 18.2 Å². The molecule has 0 amide bonds. The Morgan fingerprint density at radius 1 is 1.21 bits per heavy atom. The van der Waals surface area contributed by atoms with Gasteiger partial charge in [-0.15, -0.1) is 0 Å². The van der Waals surface area contributed by atoms with Gasteiger partial charge in [0.05, 0.1) is 19.1 Å². The van der Waals surface area contributed by atoms with E-state index < -0.39 is 5.92 Å². The molecule has 1 aromatic rings. The van der Waals surface area contributed by atoms with Crippen LogP contribution in [0, 0.1) is 27.9 Å². The smallest absolute Gasteiger partial charge is 0.265 e. The fraction of sp³-hybridized carbons (Fsp3) is 0.263. The molecule has 0 bridgehead atoms. The third kappa shape index (κ3) is 2.91. The molecule has 2 aliphatic carbocycles. The highest BCUT2D eigenvalue weighted by atomic mass is 16.6. The minimum Gasteiger partial charge on any atom is -0.493 e.